The van der Waals surface area contributed by atoms with Crippen molar-refractivity contribution in [2.45, 2.75) is 0 Å². The molecule has 0 atom stereocenters. The molecule has 0 bridgehead atoms. The summed E-state index contributed by atoms with van der Waals surface area (Å²) in [5.41, 5.74) is 5.61. The standard InChI is InChI=1S/C22H14N2S/c1-3-7-15(8-4-1)17-11-12-19-18(13-17)21-22(25-19)20(23-14-24-21)16-9-5-2-6-10-16/h1-14H. The maximum atomic E-state index is 4.59. The molecule has 0 N–H and O–H groups in total. The van der Waals surface area contributed by atoms with Gasteiger partial charge in [0.2, 0.25) is 0 Å². The van der Waals surface area contributed by atoms with Gasteiger partial charge >= 0.3 is 0 Å². The summed E-state index contributed by atoms with van der Waals surface area (Å²) in [6.45, 7) is 0. The number of hydrogen-bond acceptors (Lipinski definition) is 3. The first-order chi connectivity index (χ1) is 12.4. The first kappa shape index (κ1) is 14.3. The number of aromatic nitrogens is 2. The highest BCUT2D eigenvalue weighted by Gasteiger charge is 2.13. The quantitative estimate of drug-likeness (QED) is 0.384. The third-order valence-corrected chi connectivity index (χ3v) is 5.57. The van der Waals surface area contributed by atoms with Crippen LogP contribution in [0.1, 0.15) is 0 Å². The van der Waals surface area contributed by atoms with Crippen LogP contribution in [0.2, 0.25) is 0 Å². The summed E-state index contributed by atoms with van der Waals surface area (Å²) in [4.78, 5) is 9.14. The van der Waals surface area contributed by atoms with Crippen LogP contribution >= 0.6 is 11.3 Å². The molecule has 0 unspecified atom stereocenters. The molecule has 0 fully saturated rings. The highest BCUT2D eigenvalue weighted by Crippen LogP contribution is 2.39. The van der Waals surface area contributed by atoms with Gasteiger partial charge in [-0.25, -0.2) is 9.97 Å². The minimum absolute atomic E-state index is 1.01. The van der Waals surface area contributed by atoms with Crippen molar-refractivity contribution in [2.75, 3.05) is 0 Å². The highest BCUT2D eigenvalue weighted by molar-refractivity contribution is 7.26. The van der Waals surface area contributed by atoms with E-state index in [2.05, 4.69) is 64.6 Å². The van der Waals surface area contributed by atoms with Gasteiger partial charge in [0.1, 0.15) is 6.33 Å². The Morgan fingerprint density at radius 2 is 1.36 bits per heavy atom. The summed E-state index contributed by atoms with van der Waals surface area (Å²) in [5, 5.41) is 1.20. The molecular formula is C22H14N2S. The first-order valence-electron chi connectivity index (χ1n) is 8.18. The Morgan fingerprint density at radius 1 is 0.640 bits per heavy atom. The fraction of sp³-hybridized carbons (Fsp3) is 0. The second kappa shape index (κ2) is 5.80. The lowest BCUT2D eigenvalue weighted by atomic mass is 10.0. The third kappa shape index (κ3) is 2.41. The van der Waals surface area contributed by atoms with E-state index in [-0.39, 0.29) is 0 Å². The average molecular weight is 338 g/mol. The molecule has 0 saturated heterocycles. The minimum atomic E-state index is 1.01. The van der Waals surface area contributed by atoms with Crippen LogP contribution in [0.5, 0.6) is 0 Å². The summed E-state index contributed by atoms with van der Waals surface area (Å²) in [7, 11) is 0. The molecule has 0 amide bonds. The van der Waals surface area contributed by atoms with Crippen molar-refractivity contribution in [1.82, 2.24) is 9.97 Å². The van der Waals surface area contributed by atoms with Gasteiger partial charge in [-0.3, -0.25) is 0 Å². The zero-order valence-electron chi connectivity index (χ0n) is 13.4. The van der Waals surface area contributed by atoms with Gasteiger partial charge in [-0.05, 0) is 23.3 Å². The Kier molecular flexibility index (Phi) is 3.32. The fourth-order valence-corrected chi connectivity index (χ4v) is 4.34. The van der Waals surface area contributed by atoms with Crippen molar-refractivity contribution in [3.05, 3.63) is 85.2 Å². The molecule has 0 aliphatic carbocycles. The van der Waals surface area contributed by atoms with Crippen LogP contribution in [0, 0.1) is 0 Å². The molecule has 5 rings (SSSR count). The Morgan fingerprint density at radius 3 is 2.12 bits per heavy atom. The number of thiophene rings is 1. The second-order valence-electron chi connectivity index (χ2n) is 5.95. The molecule has 0 saturated carbocycles. The van der Waals surface area contributed by atoms with Gasteiger partial charge in [-0.1, -0.05) is 66.7 Å². The molecule has 2 nitrogen and oxygen atoms in total. The average Bonchev–Trinajstić information content (AvgIpc) is 3.07. The molecule has 0 aliphatic heterocycles. The summed E-state index contributed by atoms with van der Waals surface area (Å²) in [6, 6.07) is 27.4. The lowest BCUT2D eigenvalue weighted by Gasteiger charge is -2.02. The molecule has 3 heteroatoms. The maximum Gasteiger partial charge on any atom is 0.116 e. The molecule has 25 heavy (non-hydrogen) atoms. The molecule has 2 aromatic heterocycles. The van der Waals surface area contributed by atoms with Gasteiger partial charge < -0.3 is 0 Å². The minimum Gasteiger partial charge on any atom is -0.235 e. The van der Waals surface area contributed by atoms with E-state index in [1.165, 1.54) is 21.2 Å². The summed E-state index contributed by atoms with van der Waals surface area (Å²) >= 11 is 1.76. The molecule has 3 aromatic carbocycles. The molecule has 5 aromatic rings. The fourth-order valence-electron chi connectivity index (χ4n) is 3.19. The topological polar surface area (TPSA) is 25.8 Å². The summed E-state index contributed by atoms with van der Waals surface area (Å²) in [6.07, 6.45) is 1.67. The molecule has 2 heterocycles. The SMILES string of the molecule is c1ccc(-c2ccc3sc4c(-c5ccccc5)ncnc4c3c2)cc1. The van der Waals surface area contributed by atoms with Crippen molar-refractivity contribution in [2.24, 2.45) is 0 Å². The van der Waals surface area contributed by atoms with Gasteiger partial charge in [0.15, 0.2) is 0 Å². The van der Waals surface area contributed by atoms with Crippen LogP contribution in [-0.4, -0.2) is 9.97 Å². The number of rotatable bonds is 2. The van der Waals surface area contributed by atoms with E-state index in [0.29, 0.717) is 0 Å². The zero-order valence-corrected chi connectivity index (χ0v) is 14.2. The van der Waals surface area contributed by atoms with Crippen molar-refractivity contribution in [3.8, 4) is 22.4 Å². The number of fused-ring (bicyclic) bond motifs is 3. The van der Waals surface area contributed by atoms with E-state index < -0.39 is 0 Å². The lowest BCUT2D eigenvalue weighted by molar-refractivity contribution is 1.24. The smallest absolute Gasteiger partial charge is 0.116 e. The molecule has 0 spiro atoms. The van der Waals surface area contributed by atoms with Crippen LogP contribution in [0.4, 0.5) is 0 Å². The van der Waals surface area contributed by atoms with E-state index >= 15 is 0 Å². The van der Waals surface area contributed by atoms with Gasteiger partial charge in [0.05, 0.1) is 15.9 Å². The Bertz CT molecular complexity index is 1180. The third-order valence-electron chi connectivity index (χ3n) is 4.40. The van der Waals surface area contributed by atoms with Crippen molar-refractivity contribution in [3.63, 3.8) is 0 Å². The van der Waals surface area contributed by atoms with E-state index in [9.17, 15) is 0 Å². The van der Waals surface area contributed by atoms with Crippen molar-refractivity contribution in [1.29, 1.82) is 0 Å². The normalized spacial score (nSPS) is 11.2. The van der Waals surface area contributed by atoms with Crippen LogP contribution in [-0.2, 0) is 0 Å². The Hall–Kier alpha value is -3.04. The van der Waals surface area contributed by atoms with E-state index in [0.717, 1.165) is 21.5 Å². The monoisotopic (exact) mass is 338 g/mol. The molecule has 0 aliphatic rings. The van der Waals surface area contributed by atoms with Crippen LogP contribution in [0.15, 0.2) is 85.2 Å². The molecular weight excluding hydrogens is 324 g/mol. The van der Waals surface area contributed by atoms with Crippen LogP contribution in [0.25, 0.3) is 42.7 Å². The van der Waals surface area contributed by atoms with Gasteiger partial charge in [0, 0.05) is 15.6 Å². The van der Waals surface area contributed by atoms with Gasteiger partial charge in [-0.2, -0.15) is 0 Å². The van der Waals surface area contributed by atoms with E-state index in [1.807, 2.05) is 24.3 Å². The number of benzene rings is 3. The largest absolute Gasteiger partial charge is 0.235 e. The van der Waals surface area contributed by atoms with Crippen LogP contribution in [0.3, 0.4) is 0 Å². The predicted octanol–water partition coefficient (Wildman–Crippen LogP) is 6.18. The van der Waals surface area contributed by atoms with Gasteiger partial charge in [0.25, 0.3) is 0 Å². The Balaban J connectivity index is 1.77. The molecule has 118 valence electrons. The Labute approximate surface area is 149 Å². The van der Waals surface area contributed by atoms with E-state index in [4.69, 9.17) is 0 Å². The van der Waals surface area contributed by atoms with E-state index in [1.54, 1.807) is 17.7 Å². The van der Waals surface area contributed by atoms with Crippen molar-refractivity contribution >= 4 is 31.6 Å². The first-order valence-corrected chi connectivity index (χ1v) is 9.00. The molecule has 0 radical (unpaired) electrons. The number of hydrogen-bond donors (Lipinski definition) is 0. The highest BCUT2D eigenvalue weighted by atomic mass is 32.1. The van der Waals surface area contributed by atoms with Gasteiger partial charge in [-0.15, -0.1) is 11.3 Å². The zero-order chi connectivity index (χ0) is 16.6. The van der Waals surface area contributed by atoms with Crippen molar-refractivity contribution < 1.29 is 0 Å². The lowest BCUT2D eigenvalue weighted by Crippen LogP contribution is -1.85. The maximum absolute atomic E-state index is 4.59. The van der Waals surface area contributed by atoms with Crippen LogP contribution < -0.4 is 0 Å². The second-order valence-corrected chi connectivity index (χ2v) is 7.00. The predicted molar refractivity (Wildman–Crippen MR) is 106 cm³/mol. The summed E-state index contributed by atoms with van der Waals surface area (Å²) < 4.78 is 2.39. The summed E-state index contributed by atoms with van der Waals surface area (Å²) in [5.74, 6) is 0. The number of nitrogens with zero attached hydrogens (tertiary/aromatic N) is 2.